The van der Waals surface area contributed by atoms with Gasteiger partial charge in [0.1, 0.15) is 4.88 Å². The lowest BCUT2D eigenvalue weighted by molar-refractivity contribution is 0.0756. The number of fused-ring (bicyclic) bond motifs is 1. The van der Waals surface area contributed by atoms with Crippen LogP contribution in [0.15, 0.2) is 36.0 Å². The Bertz CT molecular complexity index is 1000. The van der Waals surface area contributed by atoms with Crippen LogP contribution in [0.2, 0.25) is 0 Å². The molecule has 2 aromatic carbocycles. The van der Waals surface area contributed by atoms with Crippen molar-refractivity contribution in [1.29, 1.82) is 0 Å². The van der Waals surface area contributed by atoms with Gasteiger partial charge in [-0.15, -0.1) is 11.3 Å². The fourth-order valence-corrected chi connectivity index (χ4v) is 4.83. The monoisotopic (exact) mass is 376 g/mol. The number of carbonyl (C=O) groups excluding carboxylic acids is 1. The van der Waals surface area contributed by atoms with Crippen molar-refractivity contribution in [3.63, 3.8) is 0 Å². The summed E-state index contributed by atoms with van der Waals surface area (Å²) in [6.45, 7) is 10.2. The first-order chi connectivity index (χ1) is 13.0. The molecule has 0 N–H and O–H groups in total. The van der Waals surface area contributed by atoms with E-state index < -0.39 is 0 Å². The third kappa shape index (κ3) is 2.98. The highest BCUT2D eigenvalue weighted by Gasteiger charge is 2.30. The van der Waals surface area contributed by atoms with Crippen molar-refractivity contribution in [2.24, 2.45) is 0 Å². The van der Waals surface area contributed by atoms with Crippen molar-refractivity contribution >= 4 is 17.2 Å². The van der Waals surface area contributed by atoms with Gasteiger partial charge in [0, 0.05) is 13.1 Å². The molecule has 4 rings (SSSR count). The molecule has 0 aliphatic carbocycles. The normalized spacial score (nSPS) is 13.1. The highest BCUT2D eigenvalue weighted by molar-refractivity contribution is 7.11. The first kappa shape index (κ1) is 17.9. The number of hydrogen-bond acceptors (Lipinski definition) is 3. The number of aryl methyl sites for hydroxylation is 1. The summed E-state index contributed by atoms with van der Waals surface area (Å²) in [6, 6.07) is 8.79. The van der Waals surface area contributed by atoms with E-state index in [2.05, 4.69) is 56.9 Å². The summed E-state index contributed by atoms with van der Waals surface area (Å²) in [5.41, 5.74) is 12.3. The molecule has 2 heterocycles. The molecule has 0 saturated carbocycles. The van der Waals surface area contributed by atoms with E-state index in [0.717, 1.165) is 6.42 Å². The minimum atomic E-state index is 0.0856. The summed E-state index contributed by atoms with van der Waals surface area (Å²) in [5.74, 6) is 0.0856. The van der Waals surface area contributed by atoms with E-state index in [1.165, 1.54) is 55.8 Å². The molecule has 0 unspecified atom stereocenters. The highest BCUT2D eigenvalue weighted by Crippen LogP contribution is 2.39. The Kier molecular flexibility index (Phi) is 4.60. The first-order valence-corrected chi connectivity index (χ1v) is 10.3. The fourth-order valence-electron chi connectivity index (χ4n) is 4.24. The second-order valence-electron chi connectivity index (χ2n) is 7.31. The zero-order valence-electron chi connectivity index (χ0n) is 16.3. The molecule has 27 heavy (non-hydrogen) atoms. The lowest BCUT2D eigenvalue weighted by Gasteiger charge is -2.19. The van der Waals surface area contributed by atoms with Gasteiger partial charge in [-0.2, -0.15) is 0 Å². The number of thiazole rings is 1. The second-order valence-corrected chi connectivity index (χ2v) is 8.19. The molecular formula is C23H24N2OS. The zero-order valence-corrected chi connectivity index (χ0v) is 17.1. The van der Waals surface area contributed by atoms with Gasteiger partial charge >= 0.3 is 0 Å². The standard InChI is InChI=1S/C23H24N2OS/c1-5-18-15(3)19-11-25(23(26)21-10-24-13-27-21)12-20(19)16(4)22(18)17-8-6-14(2)7-9-17/h6-10,13H,5,11-12H2,1-4H3. The Hall–Kier alpha value is -2.46. The van der Waals surface area contributed by atoms with Crippen LogP contribution < -0.4 is 0 Å². The van der Waals surface area contributed by atoms with Crippen molar-refractivity contribution in [2.75, 3.05) is 0 Å². The Morgan fingerprint density at radius 1 is 1.07 bits per heavy atom. The molecule has 0 bridgehead atoms. The topological polar surface area (TPSA) is 33.2 Å². The van der Waals surface area contributed by atoms with Crippen LogP contribution in [0.25, 0.3) is 11.1 Å². The molecule has 3 nitrogen and oxygen atoms in total. The van der Waals surface area contributed by atoms with E-state index in [1.807, 2.05) is 4.90 Å². The number of benzene rings is 2. The first-order valence-electron chi connectivity index (χ1n) is 9.39. The predicted molar refractivity (Wildman–Crippen MR) is 111 cm³/mol. The number of rotatable bonds is 3. The zero-order chi connectivity index (χ0) is 19.1. The molecule has 0 spiro atoms. The molecule has 0 saturated heterocycles. The van der Waals surface area contributed by atoms with Gasteiger partial charge in [0.25, 0.3) is 5.91 Å². The number of amides is 1. The molecule has 0 atom stereocenters. The van der Waals surface area contributed by atoms with Crippen LogP contribution in [0.3, 0.4) is 0 Å². The minimum Gasteiger partial charge on any atom is -0.329 e. The van der Waals surface area contributed by atoms with Crippen LogP contribution in [0.4, 0.5) is 0 Å². The van der Waals surface area contributed by atoms with Gasteiger partial charge < -0.3 is 4.90 Å². The van der Waals surface area contributed by atoms with Gasteiger partial charge in [0.05, 0.1) is 11.7 Å². The second kappa shape index (κ2) is 6.93. The number of carbonyl (C=O) groups is 1. The summed E-state index contributed by atoms with van der Waals surface area (Å²) >= 11 is 1.41. The lowest BCUT2D eigenvalue weighted by atomic mass is 9.84. The van der Waals surface area contributed by atoms with Gasteiger partial charge in [-0.25, -0.2) is 0 Å². The Balaban J connectivity index is 1.81. The maximum Gasteiger partial charge on any atom is 0.266 e. The Morgan fingerprint density at radius 3 is 2.33 bits per heavy atom. The van der Waals surface area contributed by atoms with Gasteiger partial charge in [-0.3, -0.25) is 9.78 Å². The van der Waals surface area contributed by atoms with Crippen molar-refractivity contribution < 1.29 is 4.79 Å². The van der Waals surface area contributed by atoms with Gasteiger partial charge in [-0.1, -0.05) is 36.8 Å². The molecule has 1 aliphatic rings. The highest BCUT2D eigenvalue weighted by atomic mass is 32.1. The van der Waals surface area contributed by atoms with E-state index in [1.54, 1.807) is 11.7 Å². The summed E-state index contributed by atoms with van der Waals surface area (Å²) in [7, 11) is 0. The van der Waals surface area contributed by atoms with Gasteiger partial charge in [0.2, 0.25) is 0 Å². The summed E-state index contributed by atoms with van der Waals surface area (Å²) in [4.78, 5) is 19.6. The summed E-state index contributed by atoms with van der Waals surface area (Å²) < 4.78 is 0. The number of nitrogens with zero attached hydrogens (tertiary/aromatic N) is 2. The van der Waals surface area contributed by atoms with Crippen LogP contribution >= 0.6 is 11.3 Å². The third-order valence-electron chi connectivity index (χ3n) is 5.72. The van der Waals surface area contributed by atoms with Gasteiger partial charge in [-0.05, 0) is 66.1 Å². The number of aromatic nitrogens is 1. The summed E-state index contributed by atoms with van der Waals surface area (Å²) in [6.07, 6.45) is 2.66. The molecule has 138 valence electrons. The lowest BCUT2D eigenvalue weighted by Crippen LogP contribution is -2.24. The van der Waals surface area contributed by atoms with Crippen LogP contribution in [-0.2, 0) is 19.5 Å². The van der Waals surface area contributed by atoms with Gasteiger partial charge in [0.15, 0.2) is 0 Å². The molecule has 1 amide bonds. The van der Waals surface area contributed by atoms with E-state index in [-0.39, 0.29) is 5.91 Å². The quantitative estimate of drug-likeness (QED) is 0.609. The van der Waals surface area contributed by atoms with Crippen LogP contribution in [-0.4, -0.2) is 15.8 Å². The molecule has 3 aromatic rings. The number of hydrogen-bond donors (Lipinski definition) is 0. The summed E-state index contributed by atoms with van der Waals surface area (Å²) in [5, 5.41) is 0. The minimum absolute atomic E-state index is 0.0856. The van der Waals surface area contributed by atoms with E-state index in [9.17, 15) is 4.79 Å². The molecule has 1 aromatic heterocycles. The fraction of sp³-hybridized carbons (Fsp3) is 0.304. The van der Waals surface area contributed by atoms with Crippen molar-refractivity contribution in [3.8, 4) is 11.1 Å². The molecule has 0 fully saturated rings. The largest absolute Gasteiger partial charge is 0.329 e. The van der Waals surface area contributed by atoms with Crippen molar-refractivity contribution in [2.45, 2.75) is 47.2 Å². The van der Waals surface area contributed by atoms with E-state index in [4.69, 9.17) is 0 Å². The molecular weight excluding hydrogens is 352 g/mol. The Morgan fingerprint density at radius 2 is 1.74 bits per heavy atom. The van der Waals surface area contributed by atoms with Crippen molar-refractivity contribution in [1.82, 2.24) is 9.88 Å². The third-order valence-corrected chi connectivity index (χ3v) is 6.48. The SMILES string of the molecule is CCc1c(C)c2c(c(C)c1-c1ccc(C)cc1)CN(C(=O)c1cncs1)C2. The molecule has 4 heteroatoms. The smallest absolute Gasteiger partial charge is 0.266 e. The van der Waals surface area contributed by atoms with E-state index in [0.29, 0.717) is 18.0 Å². The maximum absolute atomic E-state index is 12.8. The van der Waals surface area contributed by atoms with Crippen LogP contribution in [0, 0.1) is 20.8 Å². The Labute approximate surface area is 164 Å². The average molecular weight is 377 g/mol. The average Bonchev–Trinajstić information content (AvgIpc) is 3.35. The van der Waals surface area contributed by atoms with E-state index >= 15 is 0 Å². The van der Waals surface area contributed by atoms with Crippen LogP contribution in [0.1, 0.15) is 50.0 Å². The maximum atomic E-state index is 12.8. The molecule has 0 radical (unpaired) electrons. The van der Waals surface area contributed by atoms with Crippen molar-refractivity contribution in [3.05, 3.63) is 74.2 Å². The van der Waals surface area contributed by atoms with Crippen LogP contribution in [0.5, 0.6) is 0 Å². The predicted octanol–water partition coefficient (Wildman–Crippen LogP) is 5.45. The molecule has 1 aliphatic heterocycles.